The maximum absolute atomic E-state index is 5.69. The van der Waals surface area contributed by atoms with Gasteiger partial charge in [-0.05, 0) is 29.8 Å². The lowest BCUT2D eigenvalue weighted by atomic mass is 10.4. The molecule has 1 saturated heterocycles. The molecular weight excluding hydrogens is 314 g/mol. The third kappa shape index (κ3) is 2.72. The van der Waals surface area contributed by atoms with E-state index in [1.165, 1.54) is 4.63 Å². The van der Waals surface area contributed by atoms with E-state index in [4.69, 9.17) is 14.2 Å². The fourth-order valence-electron chi connectivity index (χ4n) is 1.94. The first-order valence-electron chi connectivity index (χ1n) is 5.98. The highest BCUT2D eigenvalue weighted by atomic mass is 79.9. The Balaban J connectivity index is 1.67. The first kappa shape index (κ1) is 12.8. The van der Waals surface area contributed by atoms with Gasteiger partial charge in [0.15, 0.2) is 5.79 Å². The molecule has 1 fully saturated rings. The van der Waals surface area contributed by atoms with E-state index in [0.29, 0.717) is 19.0 Å². The van der Waals surface area contributed by atoms with Crippen molar-refractivity contribution < 1.29 is 14.2 Å². The molecule has 6 nitrogen and oxygen atoms in total. The van der Waals surface area contributed by atoms with Crippen LogP contribution in [0.15, 0.2) is 22.9 Å². The van der Waals surface area contributed by atoms with Gasteiger partial charge in [-0.25, -0.2) is 0 Å². The fraction of sp³-hybridized carbons (Fsp3) is 0.500. The number of hydrogen-bond donors (Lipinski definition) is 0. The largest absolute Gasteiger partial charge is 0.489 e. The van der Waals surface area contributed by atoms with Crippen LogP contribution in [0.4, 0.5) is 0 Å². The summed E-state index contributed by atoms with van der Waals surface area (Å²) in [6.07, 6.45) is 3.27. The van der Waals surface area contributed by atoms with E-state index < -0.39 is 5.79 Å². The number of fused-ring (bicyclic) bond motifs is 1. The number of nitrogens with zero attached hydrogens (tertiary/aromatic N) is 3. The van der Waals surface area contributed by atoms with E-state index >= 15 is 0 Å². The van der Waals surface area contributed by atoms with E-state index in [-0.39, 0.29) is 6.10 Å². The highest BCUT2D eigenvalue weighted by Gasteiger charge is 2.32. The molecule has 2 aromatic heterocycles. The van der Waals surface area contributed by atoms with Crippen LogP contribution in [0, 0.1) is 0 Å². The van der Waals surface area contributed by atoms with Crippen molar-refractivity contribution in [1.82, 2.24) is 14.8 Å². The molecule has 1 atom stereocenters. The summed E-state index contributed by atoms with van der Waals surface area (Å²) in [5.74, 6) is 0.159. The number of aromatic nitrogens is 3. The summed E-state index contributed by atoms with van der Waals surface area (Å²) < 4.78 is 19.3. The molecule has 19 heavy (non-hydrogen) atoms. The SMILES string of the molecule is CC1(C)OCC(COc2cnn3ncc(Br)c3c2)O1. The van der Waals surface area contributed by atoms with Crippen LogP contribution in [-0.4, -0.2) is 39.9 Å². The third-order valence-electron chi connectivity index (χ3n) is 2.82. The van der Waals surface area contributed by atoms with Crippen LogP contribution in [0.25, 0.3) is 5.52 Å². The summed E-state index contributed by atoms with van der Waals surface area (Å²) in [6.45, 7) is 4.76. The van der Waals surface area contributed by atoms with Gasteiger partial charge >= 0.3 is 0 Å². The lowest BCUT2D eigenvalue weighted by Gasteiger charge is -2.17. The molecule has 3 heterocycles. The number of ether oxygens (including phenoxy) is 3. The lowest BCUT2D eigenvalue weighted by Crippen LogP contribution is -2.25. The molecule has 1 aliphatic heterocycles. The first-order valence-corrected chi connectivity index (χ1v) is 6.77. The van der Waals surface area contributed by atoms with Gasteiger partial charge in [0.25, 0.3) is 0 Å². The zero-order chi connectivity index (χ0) is 13.5. The minimum Gasteiger partial charge on any atom is -0.489 e. The van der Waals surface area contributed by atoms with Crippen LogP contribution < -0.4 is 4.74 Å². The fourth-order valence-corrected chi connectivity index (χ4v) is 2.31. The van der Waals surface area contributed by atoms with Crippen molar-refractivity contribution in [2.45, 2.75) is 25.7 Å². The molecule has 3 rings (SSSR count). The quantitative estimate of drug-likeness (QED) is 0.863. The number of rotatable bonds is 3. The standard InChI is InChI=1S/C12H14BrN3O3/c1-12(2)18-7-9(19-12)6-17-8-3-11-10(13)5-15-16(11)14-4-8/h3-5,9H,6-7H2,1-2H3. The van der Waals surface area contributed by atoms with Crippen molar-refractivity contribution in [3.63, 3.8) is 0 Å². The normalized spacial score (nSPS) is 21.9. The van der Waals surface area contributed by atoms with Gasteiger partial charge in [0.1, 0.15) is 24.0 Å². The Kier molecular flexibility index (Phi) is 3.20. The van der Waals surface area contributed by atoms with Crippen molar-refractivity contribution in [3.05, 3.63) is 22.9 Å². The van der Waals surface area contributed by atoms with Gasteiger partial charge in [0.2, 0.25) is 0 Å². The summed E-state index contributed by atoms with van der Waals surface area (Å²) in [4.78, 5) is 0. The van der Waals surface area contributed by atoms with Gasteiger partial charge in [0.05, 0.1) is 23.5 Å². The van der Waals surface area contributed by atoms with E-state index in [0.717, 1.165) is 9.99 Å². The van der Waals surface area contributed by atoms with Crippen LogP contribution in [0.2, 0.25) is 0 Å². The molecule has 2 aromatic rings. The molecule has 0 spiro atoms. The second kappa shape index (κ2) is 4.73. The van der Waals surface area contributed by atoms with Crippen LogP contribution in [-0.2, 0) is 9.47 Å². The summed E-state index contributed by atoms with van der Waals surface area (Å²) in [6, 6.07) is 1.88. The lowest BCUT2D eigenvalue weighted by molar-refractivity contribution is -0.141. The number of hydrogen-bond acceptors (Lipinski definition) is 5. The van der Waals surface area contributed by atoms with Crippen molar-refractivity contribution >= 4 is 21.4 Å². The average molecular weight is 328 g/mol. The molecule has 7 heteroatoms. The average Bonchev–Trinajstić information content (AvgIpc) is 2.91. The van der Waals surface area contributed by atoms with Gasteiger partial charge in [0, 0.05) is 6.07 Å². The first-order chi connectivity index (χ1) is 9.03. The van der Waals surface area contributed by atoms with E-state index in [2.05, 4.69) is 26.1 Å². The molecule has 1 aliphatic rings. The highest BCUT2D eigenvalue weighted by Crippen LogP contribution is 2.24. The minimum atomic E-state index is -0.523. The topological polar surface area (TPSA) is 57.9 Å². The van der Waals surface area contributed by atoms with E-state index in [1.807, 2.05) is 19.9 Å². The second-order valence-corrected chi connectivity index (χ2v) is 5.67. The molecule has 0 amide bonds. The van der Waals surface area contributed by atoms with Crippen LogP contribution >= 0.6 is 15.9 Å². The monoisotopic (exact) mass is 327 g/mol. The molecule has 0 bridgehead atoms. The highest BCUT2D eigenvalue weighted by molar-refractivity contribution is 9.10. The third-order valence-corrected chi connectivity index (χ3v) is 3.43. The molecule has 0 saturated carbocycles. The Morgan fingerprint density at radius 2 is 2.26 bits per heavy atom. The predicted octanol–water partition coefficient (Wildman–Crippen LogP) is 2.02. The maximum Gasteiger partial charge on any atom is 0.163 e. The van der Waals surface area contributed by atoms with Gasteiger partial charge in [-0.1, -0.05) is 0 Å². The zero-order valence-electron chi connectivity index (χ0n) is 10.7. The molecule has 0 aromatic carbocycles. The Labute approximate surface area is 118 Å². The summed E-state index contributed by atoms with van der Waals surface area (Å²) in [5.41, 5.74) is 0.862. The van der Waals surface area contributed by atoms with Gasteiger partial charge in [-0.3, -0.25) is 0 Å². The molecular formula is C12H14BrN3O3. The van der Waals surface area contributed by atoms with Crippen molar-refractivity contribution in [2.75, 3.05) is 13.2 Å². The molecule has 0 aliphatic carbocycles. The summed E-state index contributed by atoms with van der Waals surface area (Å²) >= 11 is 3.41. The number of halogens is 1. The van der Waals surface area contributed by atoms with Crippen LogP contribution in [0.1, 0.15) is 13.8 Å². The Bertz CT molecular complexity index is 599. The van der Waals surface area contributed by atoms with Crippen molar-refractivity contribution in [1.29, 1.82) is 0 Å². The smallest absolute Gasteiger partial charge is 0.163 e. The Morgan fingerprint density at radius 1 is 1.47 bits per heavy atom. The molecule has 1 unspecified atom stereocenters. The van der Waals surface area contributed by atoms with Gasteiger partial charge < -0.3 is 14.2 Å². The second-order valence-electron chi connectivity index (χ2n) is 4.82. The Morgan fingerprint density at radius 3 is 3.00 bits per heavy atom. The van der Waals surface area contributed by atoms with E-state index in [9.17, 15) is 0 Å². The zero-order valence-corrected chi connectivity index (χ0v) is 12.3. The maximum atomic E-state index is 5.69. The molecule has 0 radical (unpaired) electrons. The summed E-state index contributed by atoms with van der Waals surface area (Å²) in [7, 11) is 0. The van der Waals surface area contributed by atoms with Crippen LogP contribution in [0.3, 0.4) is 0 Å². The van der Waals surface area contributed by atoms with Crippen LogP contribution in [0.5, 0.6) is 5.75 Å². The van der Waals surface area contributed by atoms with Gasteiger partial charge in [-0.2, -0.15) is 14.8 Å². The van der Waals surface area contributed by atoms with Gasteiger partial charge in [-0.15, -0.1) is 0 Å². The molecule has 0 N–H and O–H groups in total. The van der Waals surface area contributed by atoms with Crippen molar-refractivity contribution in [3.8, 4) is 5.75 Å². The summed E-state index contributed by atoms with van der Waals surface area (Å²) in [5, 5.41) is 8.23. The Hall–Kier alpha value is -1.18. The minimum absolute atomic E-state index is 0.0559. The molecule has 102 valence electrons. The van der Waals surface area contributed by atoms with Crippen molar-refractivity contribution in [2.24, 2.45) is 0 Å². The predicted molar refractivity (Wildman–Crippen MR) is 71.1 cm³/mol. The van der Waals surface area contributed by atoms with E-state index in [1.54, 1.807) is 12.4 Å².